The van der Waals surface area contributed by atoms with Crippen LogP contribution in [0.3, 0.4) is 0 Å². The first kappa shape index (κ1) is 10.3. The van der Waals surface area contributed by atoms with Crippen molar-refractivity contribution in [2.45, 2.75) is 10.5 Å². The third-order valence-corrected chi connectivity index (χ3v) is 7.26. The highest BCUT2D eigenvalue weighted by Crippen LogP contribution is 2.35. The molecule has 0 aliphatic heterocycles. The molecule has 0 amide bonds. The van der Waals surface area contributed by atoms with E-state index >= 15 is 0 Å². The SMILES string of the molecule is O=S(SSC1C=CC=C1)C1C=CC=C1. The van der Waals surface area contributed by atoms with Gasteiger partial charge < -0.3 is 0 Å². The van der Waals surface area contributed by atoms with Crippen LogP contribution in [-0.2, 0) is 9.83 Å². The molecule has 1 unspecified atom stereocenters. The van der Waals surface area contributed by atoms with Crippen molar-refractivity contribution in [3.05, 3.63) is 48.6 Å². The van der Waals surface area contributed by atoms with Gasteiger partial charge >= 0.3 is 0 Å². The number of allylic oxidation sites excluding steroid dienone is 4. The van der Waals surface area contributed by atoms with Gasteiger partial charge in [-0.2, -0.15) is 0 Å². The van der Waals surface area contributed by atoms with Crippen molar-refractivity contribution in [1.29, 1.82) is 0 Å². The van der Waals surface area contributed by atoms with E-state index in [2.05, 4.69) is 12.2 Å². The largest absolute Gasteiger partial charge is 0.246 e. The third kappa shape index (κ3) is 2.65. The topological polar surface area (TPSA) is 17.1 Å². The van der Waals surface area contributed by atoms with Crippen LogP contribution in [0.1, 0.15) is 0 Å². The molecule has 0 fully saturated rings. The second-order valence-corrected chi connectivity index (χ2v) is 8.03. The highest BCUT2D eigenvalue weighted by molar-refractivity contribution is 9.05. The molecule has 1 atom stereocenters. The fourth-order valence-electron chi connectivity index (χ4n) is 1.14. The quantitative estimate of drug-likeness (QED) is 0.705. The molecule has 2 rings (SSSR count). The van der Waals surface area contributed by atoms with Crippen molar-refractivity contribution in [3.63, 3.8) is 0 Å². The fraction of sp³-hybridized carbons (Fsp3) is 0.200. The summed E-state index contributed by atoms with van der Waals surface area (Å²) < 4.78 is 11.7. The highest BCUT2D eigenvalue weighted by Gasteiger charge is 2.15. The van der Waals surface area contributed by atoms with Crippen molar-refractivity contribution in [2.75, 3.05) is 0 Å². The fourth-order valence-corrected chi connectivity index (χ4v) is 6.03. The molecule has 0 heterocycles. The zero-order valence-corrected chi connectivity index (χ0v) is 9.86. The van der Waals surface area contributed by atoms with E-state index in [9.17, 15) is 4.21 Å². The van der Waals surface area contributed by atoms with Crippen molar-refractivity contribution in [2.24, 2.45) is 0 Å². The lowest BCUT2D eigenvalue weighted by Gasteiger charge is -2.06. The molecule has 0 aromatic carbocycles. The summed E-state index contributed by atoms with van der Waals surface area (Å²) in [4.78, 5) is 0. The standard InChI is InChI=1S/C10H10OS3/c11-14(10-7-3-4-8-10)13-12-9-5-1-2-6-9/h1-10H. The van der Waals surface area contributed by atoms with Gasteiger partial charge in [-0.15, -0.1) is 0 Å². The Morgan fingerprint density at radius 1 is 0.929 bits per heavy atom. The van der Waals surface area contributed by atoms with Gasteiger partial charge in [0.1, 0.15) is 9.83 Å². The summed E-state index contributed by atoms with van der Waals surface area (Å²) in [6.45, 7) is 0. The van der Waals surface area contributed by atoms with Gasteiger partial charge in [0, 0.05) is 9.83 Å². The molecular formula is C10H10OS3. The minimum Gasteiger partial charge on any atom is -0.246 e. The van der Waals surface area contributed by atoms with Gasteiger partial charge in [-0.05, 0) is 0 Å². The van der Waals surface area contributed by atoms with Crippen molar-refractivity contribution in [1.82, 2.24) is 0 Å². The molecule has 0 radical (unpaired) electrons. The molecule has 2 aliphatic rings. The van der Waals surface area contributed by atoms with Gasteiger partial charge in [0.25, 0.3) is 0 Å². The summed E-state index contributed by atoms with van der Waals surface area (Å²) in [6, 6.07) is 0. The Balaban J connectivity index is 1.77. The van der Waals surface area contributed by atoms with Gasteiger partial charge in [-0.1, -0.05) is 59.4 Å². The van der Waals surface area contributed by atoms with E-state index in [-0.39, 0.29) is 5.25 Å². The molecular weight excluding hydrogens is 232 g/mol. The van der Waals surface area contributed by atoms with Crippen LogP contribution in [0.4, 0.5) is 0 Å². The van der Waals surface area contributed by atoms with E-state index in [0.717, 1.165) is 0 Å². The first-order chi connectivity index (χ1) is 6.86. The number of hydrogen-bond acceptors (Lipinski definition) is 3. The predicted molar refractivity (Wildman–Crippen MR) is 67.5 cm³/mol. The smallest absolute Gasteiger partial charge is 0.102 e. The zero-order chi connectivity index (χ0) is 9.80. The third-order valence-electron chi connectivity index (χ3n) is 1.87. The summed E-state index contributed by atoms with van der Waals surface area (Å²) in [7, 11) is 2.26. The van der Waals surface area contributed by atoms with E-state index in [4.69, 9.17) is 0 Å². The van der Waals surface area contributed by atoms with Crippen molar-refractivity contribution >= 4 is 30.5 Å². The summed E-state index contributed by atoms with van der Waals surface area (Å²) in [5, 5.41) is 0.486. The van der Waals surface area contributed by atoms with Gasteiger partial charge in [0.15, 0.2) is 0 Å². The Morgan fingerprint density at radius 2 is 1.50 bits per heavy atom. The molecule has 1 nitrogen and oxygen atoms in total. The maximum absolute atomic E-state index is 11.7. The predicted octanol–water partition coefficient (Wildman–Crippen LogP) is 3.02. The van der Waals surface area contributed by atoms with Crippen LogP contribution < -0.4 is 0 Å². The molecule has 2 aliphatic carbocycles. The molecule has 0 saturated heterocycles. The van der Waals surface area contributed by atoms with E-state index in [1.165, 1.54) is 9.83 Å². The van der Waals surface area contributed by atoms with Crippen LogP contribution in [0.5, 0.6) is 0 Å². The minimum absolute atomic E-state index is 0.0989. The van der Waals surface area contributed by atoms with E-state index in [1.54, 1.807) is 10.8 Å². The van der Waals surface area contributed by atoms with Crippen LogP contribution >= 0.6 is 20.6 Å². The Bertz CT molecular complexity index is 317. The van der Waals surface area contributed by atoms with Crippen molar-refractivity contribution in [3.8, 4) is 0 Å². The second-order valence-electron chi connectivity index (χ2n) is 2.89. The molecule has 0 saturated carbocycles. The lowest BCUT2D eigenvalue weighted by molar-refractivity contribution is 0.691. The van der Waals surface area contributed by atoms with Crippen LogP contribution in [0.2, 0.25) is 0 Å². The molecule has 0 aromatic rings. The molecule has 0 spiro atoms. The van der Waals surface area contributed by atoms with E-state index in [0.29, 0.717) is 5.25 Å². The lowest BCUT2D eigenvalue weighted by Crippen LogP contribution is -2.02. The maximum atomic E-state index is 11.7. The van der Waals surface area contributed by atoms with Crippen molar-refractivity contribution < 1.29 is 4.21 Å². The molecule has 4 heteroatoms. The highest BCUT2D eigenvalue weighted by atomic mass is 33.5. The monoisotopic (exact) mass is 242 g/mol. The summed E-state index contributed by atoms with van der Waals surface area (Å²) in [5.41, 5.74) is 0. The molecule has 0 N–H and O–H groups in total. The van der Waals surface area contributed by atoms with Gasteiger partial charge in [-0.3, -0.25) is 0 Å². The van der Waals surface area contributed by atoms with Gasteiger partial charge in [0.2, 0.25) is 0 Å². The lowest BCUT2D eigenvalue weighted by atomic mass is 10.5. The second kappa shape index (κ2) is 5.05. The van der Waals surface area contributed by atoms with E-state index in [1.807, 2.05) is 36.5 Å². The minimum atomic E-state index is -0.853. The maximum Gasteiger partial charge on any atom is 0.102 e. The average molecular weight is 242 g/mol. The number of hydrogen-bond donors (Lipinski definition) is 0. The Kier molecular flexibility index (Phi) is 3.73. The molecule has 0 bridgehead atoms. The normalized spacial score (nSPS) is 22.6. The molecule has 0 aromatic heterocycles. The summed E-state index contributed by atoms with van der Waals surface area (Å²) >= 11 is 0. The average Bonchev–Trinajstić information content (AvgIpc) is 2.87. The molecule has 14 heavy (non-hydrogen) atoms. The summed E-state index contributed by atoms with van der Waals surface area (Å²) in [6.07, 6.45) is 16.1. The number of rotatable bonds is 4. The first-order valence-electron chi connectivity index (χ1n) is 4.30. The van der Waals surface area contributed by atoms with Crippen LogP contribution in [0.25, 0.3) is 0 Å². The zero-order valence-electron chi connectivity index (χ0n) is 7.41. The Labute approximate surface area is 93.7 Å². The van der Waals surface area contributed by atoms with Crippen LogP contribution in [-0.4, -0.2) is 14.7 Å². The van der Waals surface area contributed by atoms with Gasteiger partial charge in [-0.25, -0.2) is 4.21 Å². The Morgan fingerprint density at radius 3 is 2.14 bits per heavy atom. The van der Waals surface area contributed by atoms with E-state index < -0.39 is 9.83 Å². The van der Waals surface area contributed by atoms with Crippen LogP contribution in [0.15, 0.2) is 48.6 Å². The van der Waals surface area contributed by atoms with Gasteiger partial charge in [0.05, 0.1) is 10.5 Å². The first-order valence-corrected chi connectivity index (χ1v) is 8.25. The molecule has 74 valence electrons. The Hall–Kier alpha value is -0.190. The van der Waals surface area contributed by atoms with Crippen LogP contribution in [0, 0.1) is 0 Å². The summed E-state index contributed by atoms with van der Waals surface area (Å²) in [5.74, 6) is 0.